The molecule has 1 unspecified atom stereocenters. The molecule has 0 saturated carbocycles. The van der Waals surface area contributed by atoms with Crippen molar-refractivity contribution in [3.05, 3.63) is 35.4 Å². The average molecular weight is 220 g/mol. The van der Waals surface area contributed by atoms with Crippen LogP contribution < -0.4 is 5.73 Å². The Morgan fingerprint density at radius 1 is 1.25 bits per heavy atom. The molecule has 0 spiro atoms. The molecule has 0 heterocycles. The molecular formula is C14H24N2. The summed E-state index contributed by atoms with van der Waals surface area (Å²) in [6.07, 6.45) is 1.10. The Morgan fingerprint density at radius 3 is 2.50 bits per heavy atom. The molecule has 1 atom stereocenters. The van der Waals surface area contributed by atoms with E-state index in [4.69, 9.17) is 5.73 Å². The van der Waals surface area contributed by atoms with Gasteiger partial charge in [-0.25, -0.2) is 0 Å². The van der Waals surface area contributed by atoms with Crippen LogP contribution >= 0.6 is 0 Å². The van der Waals surface area contributed by atoms with E-state index in [0.717, 1.165) is 26.1 Å². The summed E-state index contributed by atoms with van der Waals surface area (Å²) in [6.45, 7) is 9.43. The van der Waals surface area contributed by atoms with Crippen molar-refractivity contribution in [1.29, 1.82) is 0 Å². The minimum atomic E-state index is 0.463. The second-order valence-electron chi connectivity index (χ2n) is 4.15. The molecule has 2 heteroatoms. The Kier molecular flexibility index (Phi) is 5.50. The highest BCUT2D eigenvalue weighted by molar-refractivity contribution is 5.29. The van der Waals surface area contributed by atoms with Gasteiger partial charge < -0.3 is 5.73 Å². The molecular weight excluding hydrogens is 196 g/mol. The second-order valence-corrected chi connectivity index (χ2v) is 4.15. The van der Waals surface area contributed by atoms with Crippen LogP contribution in [0, 0.1) is 0 Å². The molecule has 1 aromatic carbocycles. The molecule has 0 aliphatic carbocycles. The first-order valence-electron chi connectivity index (χ1n) is 6.26. The van der Waals surface area contributed by atoms with E-state index in [0.29, 0.717) is 6.04 Å². The summed E-state index contributed by atoms with van der Waals surface area (Å²) in [5, 5.41) is 0. The first-order chi connectivity index (χ1) is 7.74. The zero-order valence-electron chi connectivity index (χ0n) is 10.7. The van der Waals surface area contributed by atoms with Crippen LogP contribution in [0.1, 0.15) is 37.9 Å². The molecule has 0 aliphatic heterocycles. The van der Waals surface area contributed by atoms with Crippen LogP contribution in [0.25, 0.3) is 0 Å². The zero-order valence-corrected chi connectivity index (χ0v) is 10.7. The number of aryl methyl sites for hydroxylation is 1. The predicted octanol–water partition coefficient (Wildman–Crippen LogP) is 2.59. The molecule has 0 amide bonds. The fourth-order valence-electron chi connectivity index (χ4n) is 2.25. The summed E-state index contributed by atoms with van der Waals surface area (Å²) in [4.78, 5) is 2.43. The monoisotopic (exact) mass is 220 g/mol. The number of benzene rings is 1. The van der Waals surface area contributed by atoms with Gasteiger partial charge in [-0.05, 0) is 31.0 Å². The molecule has 1 aromatic rings. The first-order valence-corrected chi connectivity index (χ1v) is 6.26. The summed E-state index contributed by atoms with van der Waals surface area (Å²) in [6, 6.07) is 9.17. The lowest BCUT2D eigenvalue weighted by atomic mass is 9.98. The lowest BCUT2D eigenvalue weighted by Crippen LogP contribution is -2.32. The highest BCUT2D eigenvalue weighted by Crippen LogP contribution is 2.23. The zero-order chi connectivity index (χ0) is 12.0. The van der Waals surface area contributed by atoms with Gasteiger partial charge in [0, 0.05) is 19.1 Å². The van der Waals surface area contributed by atoms with Crippen molar-refractivity contribution >= 4 is 0 Å². The smallest absolute Gasteiger partial charge is 0.0323 e. The van der Waals surface area contributed by atoms with Crippen LogP contribution in [-0.2, 0) is 6.42 Å². The Labute approximate surface area is 99.5 Å². The van der Waals surface area contributed by atoms with Crippen molar-refractivity contribution in [2.45, 2.75) is 33.2 Å². The summed E-state index contributed by atoms with van der Waals surface area (Å²) in [5.41, 5.74) is 8.54. The molecule has 0 bridgehead atoms. The van der Waals surface area contributed by atoms with Crippen molar-refractivity contribution < 1.29 is 0 Å². The Morgan fingerprint density at radius 2 is 1.94 bits per heavy atom. The molecule has 0 radical (unpaired) electrons. The van der Waals surface area contributed by atoms with Gasteiger partial charge in [0.2, 0.25) is 0 Å². The van der Waals surface area contributed by atoms with Gasteiger partial charge in [0.05, 0.1) is 0 Å². The maximum atomic E-state index is 5.65. The van der Waals surface area contributed by atoms with Crippen LogP contribution in [0.15, 0.2) is 24.3 Å². The number of nitrogens with zero attached hydrogens (tertiary/aromatic N) is 1. The van der Waals surface area contributed by atoms with Crippen molar-refractivity contribution in [2.24, 2.45) is 5.73 Å². The summed E-state index contributed by atoms with van der Waals surface area (Å²) < 4.78 is 0. The standard InChI is InChI=1S/C14H24N2/c1-4-13-8-6-7-9-14(13)12(3)16(5-2)11-10-15/h6-9,12H,4-5,10-11,15H2,1-3H3. The van der Waals surface area contributed by atoms with Gasteiger partial charge in [-0.3, -0.25) is 4.90 Å². The SMILES string of the molecule is CCc1ccccc1C(C)N(CC)CCN. The normalized spacial score (nSPS) is 13.1. The number of likely N-dealkylation sites (N-methyl/N-ethyl adjacent to an activating group) is 1. The third-order valence-corrected chi connectivity index (χ3v) is 3.26. The Bertz CT molecular complexity index is 309. The van der Waals surface area contributed by atoms with E-state index in [9.17, 15) is 0 Å². The van der Waals surface area contributed by atoms with Crippen LogP contribution in [0.4, 0.5) is 0 Å². The fraction of sp³-hybridized carbons (Fsp3) is 0.571. The Balaban J connectivity index is 2.88. The van der Waals surface area contributed by atoms with E-state index in [1.165, 1.54) is 11.1 Å². The molecule has 90 valence electrons. The average Bonchev–Trinajstić information content (AvgIpc) is 2.35. The van der Waals surface area contributed by atoms with Gasteiger partial charge >= 0.3 is 0 Å². The van der Waals surface area contributed by atoms with Gasteiger partial charge in [-0.15, -0.1) is 0 Å². The van der Waals surface area contributed by atoms with E-state index in [1.54, 1.807) is 0 Å². The summed E-state index contributed by atoms with van der Waals surface area (Å²) in [7, 11) is 0. The van der Waals surface area contributed by atoms with Crippen molar-refractivity contribution in [2.75, 3.05) is 19.6 Å². The molecule has 1 rings (SSSR count). The van der Waals surface area contributed by atoms with Crippen LogP contribution in [-0.4, -0.2) is 24.5 Å². The van der Waals surface area contributed by atoms with Gasteiger partial charge in [0.15, 0.2) is 0 Å². The number of hydrogen-bond acceptors (Lipinski definition) is 2. The van der Waals surface area contributed by atoms with E-state index in [-0.39, 0.29) is 0 Å². The Hall–Kier alpha value is -0.860. The van der Waals surface area contributed by atoms with Crippen LogP contribution in [0.3, 0.4) is 0 Å². The van der Waals surface area contributed by atoms with E-state index in [2.05, 4.69) is 49.9 Å². The topological polar surface area (TPSA) is 29.3 Å². The quantitative estimate of drug-likeness (QED) is 0.798. The number of rotatable bonds is 6. The van der Waals surface area contributed by atoms with Crippen molar-refractivity contribution in [3.8, 4) is 0 Å². The highest BCUT2D eigenvalue weighted by Gasteiger charge is 2.15. The third kappa shape index (κ3) is 3.06. The molecule has 2 nitrogen and oxygen atoms in total. The van der Waals surface area contributed by atoms with E-state index < -0.39 is 0 Å². The molecule has 0 saturated heterocycles. The maximum absolute atomic E-state index is 5.65. The summed E-state index contributed by atoms with van der Waals surface area (Å²) >= 11 is 0. The van der Waals surface area contributed by atoms with Crippen molar-refractivity contribution in [1.82, 2.24) is 4.90 Å². The highest BCUT2D eigenvalue weighted by atomic mass is 15.1. The van der Waals surface area contributed by atoms with Crippen LogP contribution in [0.5, 0.6) is 0 Å². The maximum Gasteiger partial charge on any atom is 0.0323 e. The molecule has 0 aromatic heterocycles. The van der Waals surface area contributed by atoms with Gasteiger partial charge in [0.1, 0.15) is 0 Å². The molecule has 0 fully saturated rings. The molecule has 0 aliphatic rings. The predicted molar refractivity (Wildman–Crippen MR) is 70.5 cm³/mol. The van der Waals surface area contributed by atoms with Gasteiger partial charge in [-0.1, -0.05) is 38.1 Å². The lowest BCUT2D eigenvalue weighted by molar-refractivity contribution is 0.227. The lowest BCUT2D eigenvalue weighted by Gasteiger charge is -2.29. The van der Waals surface area contributed by atoms with Crippen LogP contribution in [0.2, 0.25) is 0 Å². The minimum absolute atomic E-state index is 0.463. The van der Waals surface area contributed by atoms with E-state index >= 15 is 0 Å². The van der Waals surface area contributed by atoms with Gasteiger partial charge in [-0.2, -0.15) is 0 Å². The number of hydrogen-bond donors (Lipinski definition) is 1. The third-order valence-electron chi connectivity index (χ3n) is 3.26. The largest absolute Gasteiger partial charge is 0.329 e. The first kappa shape index (κ1) is 13.2. The minimum Gasteiger partial charge on any atom is -0.329 e. The summed E-state index contributed by atoms with van der Waals surface area (Å²) in [5.74, 6) is 0. The second kappa shape index (κ2) is 6.66. The van der Waals surface area contributed by atoms with Crippen molar-refractivity contribution in [3.63, 3.8) is 0 Å². The fourth-order valence-corrected chi connectivity index (χ4v) is 2.25. The van der Waals surface area contributed by atoms with E-state index in [1.807, 2.05) is 0 Å². The molecule has 16 heavy (non-hydrogen) atoms. The number of nitrogens with two attached hydrogens (primary N) is 1. The molecule has 2 N–H and O–H groups in total. The van der Waals surface area contributed by atoms with Gasteiger partial charge in [0.25, 0.3) is 0 Å².